The van der Waals surface area contributed by atoms with Crippen molar-refractivity contribution in [3.8, 4) is 0 Å². The van der Waals surface area contributed by atoms with Crippen LogP contribution in [0.1, 0.15) is 31.9 Å². The van der Waals surface area contributed by atoms with Gasteiger partial charge in [-0.3, -0.25) is 4.79 Å². The molecule has 2 atom stereocenters. The zero-order chi connectivity index (χ0) is 12.1. The molecular weight excluding hydrogens is 207 g/mol. The lowest BCUT2D eigenvalue weighted by atomic mass is 10.1. The van der Waals surface area contributed by atoms with Gasteiger partial charge in [0.2, 0.25) is 5.91 Å². The fraction of sp³-hybridized carbons (Fsp3) is 0.417. The van der Waals surface area contributed by atoms with Gasteiger partial charge < -0.3 is 11.1 Å². The third-order valence-corrected chi connectivity index (χ3v) is 2.51. The zero-order valence-electron chi connectivity index (χ0n) is 9.53. The van der Waals surface area contributed by atoms with E-state index < -0.39 is 6.04 Å². The van der Waals surface area contributed by atoms with Gasteiger partial charge in [-0.15, -0.1) is 0 Å². The van der Waals surface area contributed by atoms with Crippen LogP contribution in [0.5, 0.6) is 0 Å². The molecule has 1 amide bonds. The van der Waals surface area contributed by atoms with E-state index in [0.717, 1.165) is 5.56 Å². The SMILES string of the molecule is CC[C@@H](N)C(=O)N[C@H](C)c1ccc(F)cc1. The maximum Gasteiger partial charge on any atom is 0.237 e. The monoisotopic (exact) mass is 224 g/mol. The van der Waals surface area contributed by atoms with E-state index in [9.17, 15) is 9.18 Å². The lowest BCUT2D eigenvalue weighted by Gasteiger charge is -2.17. The zero-order valence-corrected chi connectivity index (χ0v) is 9.53. The average molecular weight is 224 g/mol. The Morgan fingerprint density at radius 1 is 1.44 bits per heavy atom. The van der Waals surface area contributed by atoms with Crippen LogP contribution in [0.3, 0.4) is 0 Å². The Kier molecular flexibility index (Phi) is 4.43. The van der Waals surface area contributed by atoms with Crippen LogP contribution < -0.4 is 11.1 Å². The van der Waals surface area contributed by atoms with Crippen molar-refractivity contribution < 1.29 is 9.18 Å². The Balaban J connectivity index is 2.62. The molecule has 16 heavy (non-hydrogen) atoms. The molecule has 0 aliphatic carbocycles. The highest BCUT2D eigenvalue weighted by Crippen LogP contribution is 2.12. The van der Waals surface area contributed by atoms with E-state index in [0.29, 0.717) is 6.42 Å². The van der Waals surface area contributed by atoms with Crippen molar-refractivity contribution in [3.63, 3.8) is 0 Å². The summed E-state index contributed by atoms with van der Waals surface area (Å²) in [5.41, 5.74) is 6.45. The molecule has 3 nitrogen and oxygen atoms in total. The minimum absolute atomic E-state index is 0.161. The molecule has 0 radical (unpaired) electrons. The number of carbonyl (C=O) groups excluding carboxylic acids is 1. The molecule has 0 bridgehead atoms. The Morgan fingerprint density at radius 2 is 2.00 bits per heavy atom. The van der Waals surface area contributed by atoms with Gasteiger partial charge in [0.15, 0.2) is 0 Å². The highest BCUT2D eigenvalue weighted by molar-refractivity contribution is 5.81. The number of amides is 1. The molecule has 0 aliphatic heterocycles. The van der Waals surface area contributed by atoms with Gasteiger partial charge >= 0.3 is 0 Å². The van der Waals surface area contributed by atoms with E-state index in [4.69, 9.17) is 5.73 Å². The first-order valence-electron chi connectivity index (χ1n) is 5.36. The number of halogens is 1. The van der Waals surface area contributed by atoms with Gasteiger partial charge in [-0.1, -0.05) is 19.1 Å². The second-order valence-electron chi connectivity index (χ2n) is 3.80. The summed E-state index contributed by atoms with van der Waals surface area (Å²) in [6, 6.07) is 5.40. The predicted molar refractivity (Wildman–Crippen MR) is 61.2 cm³/mol. The third kappa shape index (κ3) is 3.31. The van der Waals surface area contributed by atoms with E-state index in [1.807, 2.05) is 13.8 Å². The Hall–Kier alpha value is -1.42. The topological polar surface area (TPSA) is 55.1 Å². The van der Waals surface area contributed by atoms with Crippen molar-refractivity contribution in [3.05, 3.63) is 35.6 Å². The van der Waals surface area contributed by atoms with Gasteiger partial charge in [0, 0.05) is 0 Å². The minimum Gasteiger partial charge on any atom is -0.348 e. The van der Waals surface area contributed by atoms with E-state index >= 15 is 0 Å². The number of nitrogens with two attached hydrogens (primary N) is 1. The lowest BCUT2D eigenvalue weighted by molar-refractivity contribution is -0.123. The van der Waals surface area contributed by atoms with Gasteiger partial charge in [-0.2, -0.15) is 0 Å². The summed E-state index contributed by atoms with van der Waals surface area (Å²) in [6.07, 6.45) is 0.599. The fourth-order valence-corrected chi connectivity index (χ4v) is 1.34. The highest BCUT2D eigenvalue weighted by atomic mass is 19.1. The Bertz CT molecular complexity index is 351. The molecule has 0 fully saturated rings. The van der Waals surface area contributed by atoms with Crippen LogP contribution in [-0.2, 0) is 4.79 Å². The molecule has 4 heteroatoms. The minimum atomic E-state index is -0.483. The van der Waals surface area contributed by atoms with Gasteiger partial charge in [0.1, 0.15) is 5.82 Å². The smallest absolute Gasteiger partial charge is 0.237 e. The normalized spacial score (nSPS) is 14.2. The summed E-state index contributed by atoms with van der Waals surface area (Å²) < 4.78 is 12.7. The van der Waals surface area contributed by atoms with Gasteiger partial charge in [0.05, 0.1) is 12.1 Å². The van der Waals surface area contributed by atoms with E-state index in [1.54, 1.807) is 12.1 Å². The highest BCUT2D eigenvalue weighted by Gasteiger charge is 2.14. The summed E-state index contributed by atoms with van der Waals surface area (Å²) in [5.74, 6) is -0.466. The number of benzene rings is 1. The van der Waals surface area contributed by atoms with Crippen molar-refractivity contribution in [2.24, 2.45) is 5.73 Å². The third-order valence-electron chi connectivity index (χ3n) is 2.51. The van der Waals surface area contributed by atoms with Crippen molar-refractivity contribution in [2.45, 2.75) is 32.4 Å². The van der Waals surface area contributed by atoms with Crippen LogP contribution in [-0.4, -0.2) is 11.9 Å². The summed E-state index contributed by atoms with van der Waals surface area (Å²) in [5, 5.41) is 2.78. The lowest BCUT2D eigenvalue weighted by Crippen LogP contribution is -2.41. The van der Waals surface area contributed by atoms with Crippen LogP contribution in [0.25, 0.3) is 0 Å². The molecular formula is C12H17FN2O. The fourth-order valence-electron chi connectivity index (χ4n) is 1.34. The molecule has 0 heterocycles. The maximum absolute atomic E-state index is 12.7. The molecule has 1 aromatic carbocycles. The van der Waals surface area contributed by atoms with Gasteiger partial charge in [0.25, 0.3) is 0 Å². The van der Waals surface area contributed by atoms with Crippen LogP contribution in [0.2, 0.25) is 0 Å². The first-order valence-corrected chi connectivity index (χ1v) is 5.36. The second kappa shape index (κ2) is 5.61. The van der Waals surface area contributed by atoms with Crippen molar-refractivity contribution in [2.75, 3.05) is 0 Å². The van der Waals surface area contributed by atoms with Gasteiger partial charge in [-0.05, 0) is 31.0 Å². The number of hydrogen-bond donors (Lipinski definition) is 2. The number of nitrogens with one attached hydrogen (secondary N) is 1. The molecule has 88 valence electrons. The molecule has 1 rings (SSSR count). The first-order chi connectivity index (χ1) is 7.54. The number of rotatable bonds is 4. The van der Waals surface area contributed by atoms with Crippen molar-refractivity contribution in [1.82, 2.24) is 5.32 Å². The van der Waals surface area contributed by atoms with Crippen molar-refractivity contribution >= 4 is 5.91 Å². The maximum atomic E-state index is 12.7. The largest absolute Gasteiger partial charge is 0.348 e. The predicted octanol–water partition coefficient (Wildman–Crippen LogP) is 1.74. The van der Waals surface area contributed by atoms with Crippen LogP contribution in [0.15, 0.2) is 24.3 Å². The second-order valence-corrected chi connectivity index (χ2v) is 3.80. The molecule has 3 N–H and O–H groups in total. The average Bonchev–Trinajstić information content (AvgIpc) is 2.28. The van der Waals surface area contributed by atoms with E-state index in [-0.39, 0.29) is 17.8 Å². The van der Waals surface area contributed by atoms with E-state index in [1.165, 1.54) is 12.1 Å². The summed E-state index contributed by atoms with van der Waals surface area (Å²) in [4.78, 5) is 11.5. The molecule has 0 spiro atoms. The van der Waals surface area contributed by atoms with Gasteiger partial charge in [-0.25, -0.2) is 4.39 Å². The molecule has 0 aromatic heterocycles. The van der Waals surface area contributed by atoms with Crippen LogP contribution in [0, 0.1) is 5.82 Å². The molecule has 0 aliphatic rings. The summed E-state index contributed by atoms with van der Waals surface area (Å²) in [7, 11) is 0. The van der Waals surface area contributed by atoms with Crippen LogP contribution >= 0.6 is 0 Å². The molecule has 0 saturated heterocycles. The summed E-state index contributed by atoms with van der Waals surface area (Å²) in [6.45, 7) is 3.69. The standard InChI is InChI=1S/C12H17FN2O/c1-3-11(14)12(16)15-8(2)9-4-6-10(13)7-5-9/h4-8,11H,3,14H2,1-2H3,(H,15,16)/t8-,11-/m1/s1. The molecule has 0 saturated carbocycles. The quantitative estimate of drug-likeness (QED) is 0.818. The first kappa shape index (κ1) is 12.6. The van der Waals surface area contributed by atoms with Crippen molar-refractivity contribution in [1.29, 1.82) is 0 Å². The summed E-state index contributed by atoms with van der Waals surface area (Å²) >= 11 is 0. The number of hydrogen-bond acceptors (Lipinski definition) is 2. The Morgan fingerprint density at radius 3 is 2.50 bits per heavy atom. The van der Waals surface area contributed by atoms with E-state index in [2.05, 4.69) is 5.32 Å². The number of carbonyl (C=O) groups is 1. The molecule has 0 unspecified atom stereocenters. The molecule has 1 aromatic rings. The Labute approximate surface area is 94.8 Å². The van der Waals surface area contributed by atoms with Crippen LogP contribution in [0.4, 0.5) is 4.39 Å².